The molecule has 1 saturated heterocycles. The van der Waals surface area contributed by atoms with E-state index in [9.17, 15) is 0 Å². The quantitative estimate of drug-likeness (QED) is 0.584. The molecule has 0 amide bonds. The molecule has 1 aliphatic rings. The summed E-state index contributed by atoms with van der Waals surface area (Å²) in [7, 11) is 1.00. The number of aliphatic hydroxyl groups excluding tert-OH is 1. The van der Waals surface area contributed by atoms with Gasteiger partial charge in [-0.25, -0.2) is 0 Å². The predicted octanol–water partition coefficient (Wildman–Crippen LogP) is 2.09. The van der Waals surface area contributed by atoms with Gasteiger partial charge in [0.2, 0.25) is 0 Å². The van der Waals surface area contributed by atoms with E-state index in [1.807, 2.05) is 30.3 Å². The predicted molar refractivity (Wildman–Crippen MR) is 69.5 cm³/mol. The smallest absolute Gasteiger partial charge is 0.400 e. The van der Waals surface area contributed by atoms with Gasteiger partial charge in [0.25, 0.3) is 0 Å². The molecule has 1 N–H and O–H groups in total. The van der Waals surface area contributed by atoms with Gasteiger partial charge in [0.15, 0.2) is 0 Å². The molecule has 0 saturated carbocycles. The molecule has 0 spiro atoms. The number of halogens is 1. The van der Waals surface area contributed by atoms with E-state index in [4.69, 9.17) is 9.84 Å². The summed E-state index contributed by atoms with van der Waals surface area (Å²) in [5.41, 5.74) is 0. The molecule has 0 atom stereocenters. The van der Waals surface area contributed by atoms with Crippen LogP contribution in [0, 0.1) is 6.07 Å². The van der Waals surface area contributed by atoms with Crippen molar-refractivity contribution in [3.05, 3.63) is 36.4 Å². The van der Waals surface area contributed by atoms with Gasteiger partial charge in [0.1, 0.15) is 0 Å². The van der Waals surface area contributed by atoms with Gasteiger partial charge in [-0.05, 0) is 12.8 Å². The minimum atomic E-state index is 0. The van der Waals surface area contributed by atoms with Crippen molar-refractivity contribution < 1.29 is 9.84 Å². The molecule has 82 valence electrons. The largest absolute Gasteiger partial charge is 2.00 e. The molecule has 1 aliphatic heterocycles. The molecule has 0 unspecified atom stereocenters. The monoisotopic (exact) mass is 285 g/mol. The zero-order chi connectivity index (χ0) is 9.78. The van der Waals surface area contributed by atoms with Crippen molar-refractivity contribution in [2.75, 3.05) is 20.3 Å². The molecule has 0 bridgehead atoms. The molecule has 4 heteroatoms. The average Bonchev–Trinajstić information content (AvgIpc) is 2.82. The van der Waals surface area contributed by atoms with Gasteiger partial charge in [-0.15, -0.1) is 17.0 Å². The van der Waals surface area contributed by atoms with Gasteiger partial charge < -0.3 is 9.84 Å². The maximum atomic E-state index is 7.00. The topological polar surface area (TPSA) is 29.5 Å². The van der Waals surface area contributed by atoms with Crippen LogP contribution in [0.4, 0.5) is 0 Å². The van der Waals surface area contributed by atoms with E-state index in [0.29, 0.717) is 0 Å². The van der Waals surface area contributed by atoms with Crippen molar-refractivity contribution >= 4 is 40.0 Å². The van der Waals surface area contributed by atoms with Crippen molar-refractivity contribution in [3.8, 4) is 0 Å². The summed E-state index contributed by atoms with van der Waals surface area (Å²) < 4.78 is 4.94. The number of hydrogen-bond donors (Lipinski definition) is 1. The summed E-state index contributed by atoms with van der Waals surface area (Å²) in [4.78, 5) is 0. The SMILES string of the molecule is Br.C1CCOC1.CO.[Mg+2].[c-]1ccccc1. The standard InChI is InChI=1S/C6H5.C4H8O.CH4O.BrH.Mg/c1-2-4-6-5-3-1;1-2-4-5-3-1;1-2;;/h1-5H;1-4H2;2H,1H3;1H;/q-1;;;;+2. The van der Waals surface area contributed by atoms with E-state index in [2.05, 4.69) is 6.07 Å². The van der Waals surface area contributed by atoms with Crippen LogP contribution in [0.25, 0.3) is 0 Å². The fourth-order valence-corrected chi connectivity index (χ4v) is 0.852. The van der Waals surface area contributed by atoms with Gasteiger partial charge in [0.05, 0.1) is 0 Å². The Labute approximate surface area is 119 Å². The molecule has 0 aromatic heterocycles. The van der Waals surface area contributed by atoms with Gasteiger partial charge in [-0.1, -0.05) is 0 Å². The Balaban J connectivity index is -0.000000149. The number of ether oxygens (including phenoxy) is 1. The van der Waals surface area contributed by atoms with Gasteiger partial charge in [0, 0.05) is 20.3 Å². The number of rotatable bonds is 0. The molecule has 0 radical (unpaired) electrons. The summed E-state index contributed by atoms with van der Waals surface area (Å²) in [6.07, 6.45) is 2.56. The fourth-order valence-electron chi connectivity index (χ4n) is 0.852. The Hall–Kier alpha value is 0.386. The van der Waals surface area contributed by atoms with Crippen LogP contribution < -0.4 is 0 Å². The van der Waals surface area contributed by atoms with Crippen LogP contribution in [-0.2, 0) is 4.74 Å². The third-order valence-electron chi connectivity index (χ3n) is 1.43. The van der Waals surface area contributed by atoms with Gasteiger partial charge in [-0.3, -0.25) is 0 Å². The molecule has 2 rings (SSSR count). The first-order valence-corrected chi connectivity index (χ1v) is 4.44. The minimum absolute atomic E-state index is 0. The van der Waals surface area contributed by atoms with E-state index < -0.39 is 0 Å². The summed E-state index contributed by atoms with van der Waals surface area (Å²) in [5, 5.41) is 7.00. The van der Waals surface area contributed by atoms with Crippen molar-refractivity contribution in [2.24, 2.45) is 0 Å². The third kappa shape index (κ3) is 17.0. The van der Waals surface area contributed by atoms with E-state index in [0.717, 1.165) is 20.3 Å². The fraction of sp³-hybridized carbons (Fsp3) is 0.455. The molecular weight excluding hydrogens is 268 g/mol. The van der Waals surface area contributed by atoms with Crippen molar-refractivity contribution in [1.29, 1.82) is 0 Å². The van der Waals surface area contributed by atoms with Crippen molar-refractivity contribution in [2.45, 2.75) is 12.8 Å². The molecule has 1 fully saturated rings. The van der Waals surface area contributed by atoms with Crippen LogP contribution in [0.3, 0.4) is 0 Å². The molecular formula is C11H18BrMgO2+. The maximum Gasteiger partial charge on any atom is 2.00 e. The van der Waals surface area contributed by atoms with E-state index >= 15 is 0 Å². The molecule has 1 aromatic carbocycles. The first-order valence-electron chi connectivity index (χ1n) is 4.44. The maximum absolute atomic E-state index is 7.00. The zero-order valence-electron chi connectivity index (χ0n) is 9.19. The van der Waals surface area contributed by atoms with Gasteiger partial charge in [-0.2, -0.15) is 36.4 Å². The number of aliphatic hydroxyl groups is 1. The van der Waals surface area contributed by atoms with E-state index in [-0.39, 0.29) is 40.0 Å². The zero-order valence-corrected chi connectivity index (χ0v) is 12.3. The van der Waals surface area contributed by atoms with E-state index in [1.54, 1.807) is 0 Å². The molecule has 1 heterocycles. The van der Waals surface area contributed by atoms with Crippen molar-refractivity contribution in [3.63, 3.8) is 0 Å². The summed E-state index contributed by atoms with van der Waals surface area (Å²) >= 11 is 0. The van der Waals surface area contributed by atoms with Crippen LogP contribution >= 0.6 is 17.0 Å². The minimum Gasteiger partial charge on any atom is -0.400 e. The Kier molecular flexibility index (Phi) is 27.5. The van der Waals surface area contributed by atoms with Crippen LogP contribution in [-0.4, -0.2) is 48.5 Å². The normalized spacial score (nSPS) is 11.6. The number of hydrogen-bond acceptors (Lipinski definition) is 2. The van der Waals surface area contributed by atoms with E-state index in [1.165, 1.54) is 12.8 Å². The molecule has 1 aromatic rings. The first-order chi connectivity index (χ1) is 6.50. The van der Waals surface area contributed by atoms with Crippen LogP contribution in [0.5, 0.6) is 0 Å². The Morgan fingerprint density at radius 2 is 1.47 bits per heavy atom. The van der Waals surface area contributed by atoms with Gasteiger partial charge >= 0.3 is 23.1 Å². The third-order valence-corrected chi connectivity index (χ3v) is 1.43. The summed E-state index contributed by atoms with van der Waals surface area (Å²) in [5.74, 6) is 0. The van der Waals surface area contributed by atoms with Crippen LogP contribution in [0.15, 0.2) is 30.3 Å². The molecule has 15 heavy (non-hydrogen) atoms. The summed E-state index contributed by atoms with van der Waals surface area (Å²) in [6, 6.07) is 12.5. The number of benzene rings is 1. The Morgan fingerprint density at radius 1 is 1.00 bits per heavy atom. The average molecular weight is 286 g/mol. The van der Waals surface area contributed by atoms with Crippen molar-refractivity contribution in [1.82, 2.24) is 0 Å². The first kappa shape index (κ1) is 20.8. The summed E-state index contributed by atoms with van der Waals surface area (Å²) in [6.45, 7) is 2.00. The second-order valence-corrected chi connectivity index (χ2v) is 2.40. The second-order valence-electron chi connectivity index (χ2n) is 2.40. The van der Waals surface area contributed by atoms with Crippen LogP contribution in [0.2, 0.25) is 0 Å². The van der Waals surface area contributed by atoms with Crippen LogP contribution in [0.1, 0.15) is 12.8 Å². The molecule has 0 aliphatic carbocycles. The second kappa shape index (κ2) is 19.9. The Bertz CT molecular complexity index is 135. The Morgan fingerprint density at radius 3 is 1.60 bits per heavy atom. The molecule has 2 nitrogen and oxygen atoms in total.